The van der Waals surface area contributed by atoms with Crippen molar-refractivity contribution >= 4 is 31.0 Å². The van der Waals surface area contributed by atoms with Crippen molar-refractivity contribution < 1.29 is 28.3 Å². The third-order valence-electron chi connectivity index (χ3n) is 3.42. The summed E-state index contributed by atoms with van der Waals surface area (Å²) in [5.41, 5.74) is 0.694. The summed E-state index contributed by atoms with van der Waals surface area (Å²) in [6.07, 6.45) is -0.0114. The number of hydrogen-bond acceptors (Lipinski definition) is 5. The van der Waals surface area contributed by atoms with Crippen LogP contribution in [0.1, 0.15) is 33.6 Å². The molecule has 2 amide bonds. The van der Waals surface area contributed by atoms with Crippen molar-refractivity contribution in [1.29, 1.82) is 0 Å². The number of nitrogens with zero attached hydrogens (tertiary/aromatic N) is 1. The van der Waals surface area contributed by atoms with Gasteiger partial charge in [0.1, 0.15) is 6.16 Å². The van der Waals surface area contributed by atoms with Crippen molar-refractivity contribution in [1.82, 2.24) is 0 Å². The van der Waals surface area contributed by atoms with Crippen LogP contribution in [0.3, 0.4) is 0 Å². The Balaban J connectivity index is 2.97. The van der Waals surface area contributed by atoms with Gasteiger partial charge in [0.25, 0.3) is 0 Å². The van der Waals surface area contributed by atoms with Crippen molar-refractivity contribution in [2.45, 2.75) is 33.6 Å². The van der Waals surface area contributed by atoms with E-state index in [1.807, 2.05) is 6.92 Å². The first-order valence-corrected chi connectivity index (χ1v) is 10.4. The second-order valence-electron chi connectivity index (χ2n) is 5.46. The maximum absolute atomic E-state index is 12.5. The van der Waals surface area contributed by atoms with E-state index in [1.54, 1.807) is 38.1 Å². The standard InChI is InChI=1S/C17H27N2O6P/c1-4-7-12-19(17(21)22)15-11-9-8-10-14(15)18-16(20)13-26(23,24-5-2)25-6-3/h8-11H,4-7,12-13H2,1-3H3,(H,18,20)(H,21,22). The molecule has 0 bridgehead atoms. The van der Waals surface area contributed by atoms with E-state index in [4.69, 9.17) is 9.05 Å². The summed E-state index contributed by atoms with van der Waals surface area (Å²) in [6.45, 7) is 5.92. The van der Waals surface area contributed by atoms with E-state index in [2.05, 4.69) is 5.32 Å². The van der Waals surface area contributed by atoms with Crippen LogP contribution in [-0.2, 0) is 18.4 Å². The number of amides is 2. The first-order chi connectivity index (χ1) is 12.4. The first kappa shape index (κ1) is 22.2. The molecular weight excluding hydrogens is 359 g/mol. The minimum absolute atomic E-state index is 0.158. The molecule has 1 rings (SSSR count). The fourth-order valence-electron chi connectivity index (χ4n) is 2.34. The lowest BCUT2D eigenvalue weighted by Crippen LogP contribution is -2.31. The van der Waals surface area contributed by atoms with Crippen molar-refractivity contribution in [3.63, 3.8) is 0 Å². The summed E-state index contributed by atoms with van der Waals surface area (Å²) in [4.78, 5) is 25.1. The molecule has 9 heteroatoms. The number of carbonyl (C=O) groups excluding carboxylic acids is 1. The molecule has 1 aromatic carbocycles. The lowest BCUT2D eigenvalue weighted by Gasteiger charge is -2.23. The summed E-state index contributed by atoms with van der Waals surface area (Å²) >= 11 is 0. The average Bonchev–Trinajstić information content (AvgIpc) is 2.56. The largest absolute Gasteiger partial charge is 0.465 e. The topological polar surface area (TPSA) is 105 Å². The van der Waals surface area contributed by atoms with Crippen LogP contribution in [0.5, 0.6) is 0 Å². The molecule has 146 valence electrons. The summed E-state index contributed by atoms with van der Waals surface area (Å²) in [6, 6.07) is 6.59. The Morgan fingerprint density at radius 3 is 2.31 bits per heavy atom. The van der Waals surface area contributed by atoms with Crippen molar-refractivity contribution in [2.75, 3.05) is 36.1 Å². The third-order valence-corrected chi connectivity index (χ3v) is 5.40. The zero-order valence-electron chi connectivity index (χ0n) is 15.4. The fraction of sp³-hybridized carbons (Fsp3) is 0.529. The van der Waals surface area contributed by atoms with Gasteiger partial charge in [0, 0.05) is 6.54 Å². The number of anilines is 2. The summed E-state index contributed by atoms with van der Waals surface area (Å²) in [7, 11) is -3.53. The molecule has 26 heavy (non-hydrogen) atoms. The second kappa shape index (κ2) is 11.0. The van der Waals surface area contributed by atoms with Gasteiger partial charge < -0.3 is 19.5 Å². The Morgan fingerprint density at radius 2 is 1.77 bits per heavy atom. The number of rotatable bonds is 11. The highest BCUT2D eigenvalue weighted by atomic mass is 31.2. The number of nitrogens with one attached hydrogen (secondary N) is 1. The van der Waals surface area contributed by atoms with Crippen LogP contribution in [0.15, 0.2) is 24.3 Å². The van der Waals surface area contributed by atoms with Crippen molar-refractivity contribution in [2.24, 2.45) is 0 Å². The predicted octanol–water partition coefficient (Wildman–Crippen LogP) is 4.18. The van der Waals surface area contributed by atoms with Gasteiger partial charge >= 0.3 is 13.7 Å². The zero-order valence-corrected chi connectivity index (χ0v) is 16.3. The van der Waals surface area contributed by atoms with Gasteiger partial charge in [-0.2, -0.15) is 0 Å². The molecule has 8 nitrogen and oxygen atoms in total. The normalized spacial score (nSPS) is 11.2. The van der Waals surface area contributed by atoms with Crippen LogP contribution in [0.25, 0.3) is 0 Å². The van der Waals surface area contributed by atoms with Crippen molar-refractivity contribution in [3.8, 4) is 0 Å². The van der Waals surface area contributed by atoms with E-state index in [0.29, 0.717) is 24.3 Å². The van der Waals surface area contributed by atoms with Gasteiger partial charge in [-0.25, -0.2) is 4.79 Å². The molecule has 0 atom stereocenters. The van der Waals surface area contributed by atoms with Crippen LogP contribution in [0, 0.1) is 0 Å². The molecule has 2 N–H and O–H groups in total. The second-order valence-corrected chi connectivity index (χ2v) is 7.51. The monoisotopic (exact) mass is 386 g/mol. The number of carboxylic acid groups (broad SMARTS) is 1. The van der Waals surface area contributed by atoms with E-state index in [1.165, 1.54) is 4.90 Å². The maximum Gasteiger partial charge on any atom is 0.411 e. The van der Waals surface area contributed by atoms with E-state index in [9.17, 15) is 19.3 Å². The summed E-state index contributed by atoms with van der Waals surface area (Å²) in [5.74, 6) is -0.566. The number of para-hydroxylation sites is 2. The molecule has 0 heterocycles. The molecule has 0 saturated carbocycles. The van der Waals surface area contributed by atoms with Crippen LogP contribution in [0.4, 0.5) is 16.2 Å². The number of hydrogen-bond donors (Lipinski definition) is 2. The molecule has 0 unspecified atom stereocenters. The van der Waals surface area contributed by atoms with Gasteiger partial charge in [0.2, 0.25) is 5.91 Å². The first-order valence-electron chi connectivity index (χ1n) is 8.64. The highest BCUT2D eigenvalue weighted by Crippen LogP contribution is 2.47. The SMILES string of the molecule is CCCCN(C(=O)O)c1ccccc1NC(=O)CP(=O)(OCC)OCC. The quantitative estimate of drug-likeness (QED) is 0.553. The molecule has 0 saturated heterocycles. The number of benzene rings is 1. The molecule has 0 aliphatic carbocycles. The van der Waals surface area contributed by atoms with Gasteiger partial charge in [-0.15, -0.1) is 0 Å². The van der Waals surface area contributed by atoms with Gasteiger partial charge in [0.15, 0.2) is 0 Å². The Bertz CT molecular complexity index is 642. The lowest BCUT2D eigenvalue weighted by atomic mass is 10.2. The third kappa shape index (κ3) is 6.78. The van der Waals surface area contributed by atoms with Gasteiger partial charge in [-0.05, 0) is 32.4 Å². The van der Waals surface area contributed by atoms with Crippen molar-refractivity contribution in [3.05, 3.63) is 24.3 Å². The highest BCUT2D eigenvalue weighted by Gasteiger charge is 2.28. The fourth-order valence-corrected chi connectivity index (χ4v) is 3.81. The Morgan fingerprint density at radius 1 is 1.15 bits per heavy atom. The number of carbonyl (C=O) groups is 2. The van der Waals surface area contributed by atoms with Crippen LogP contribution in [0.2, 0.25) is 0 Å². The van der Waals surface area contributed by atoms with Crippen LogP contribution >= 0.6 is 7.60 Å². The molecule has 0 radical (unpaired) electrons. The summed E-state index contributed by atoms with van der Waals surface area (Å²) < 4.78 is 22.7. The maximum atomic E-state index is 12.5. The molecule has 0 aromatic heterocycles. The molecule has 1 aromatic rings. The Kier molecular flexibility index (Phi) is 9.34. The van der Waals surface area contributed by atoms with Gasteiger partial charge in [-0.3, -0.25) is 14.3 Å². The molecule has 0 spiro atoms. The smallest absolute Gasteiger partial charge is 0.411 e. The lowest BCUT2D eigenvalue weighted by molar-refractivity contribution is -0.114. The molecule has 0 aliphatic rings. The molecule has 0 fully saturated rings. The molecular formula is C17H27N2O6P. The predicted molar refractivity (Wildman–Crippen MR) is 101 cm³/mol. The Hall–Kier alpha value is -1.89. The van der Waals surface area contributed by atoms with E-state index < -0.39 is 25.8 Å². The zero-order chi connectivity index (χ0) is 19.6. The highest BCUT2D eigenvalue weighted by molar-refractivity contribution is 7.54. The minimum Gasteiger partial charge on any atom is -0.465 e. The van der Waals surface area contributed by atoms with Crippen LogP contribution < -0.4 is 10.2 Å². The van der Waals surface area contributed by atoms with Gasteiger partial charge in [-0.1, -0.05) is 25.5 Å². The van der Waals surface area contributed by atoms with E-state index in [0.717, 1.165) is 6.42 Å². The van der Waals surface area contributed by atoms with Gasteiger partial charge in [0.05, 0.1) is 24.6 Å². The summed E-state index contributed by atoms with van der Waals surface area (Å²) in [5, 5.41) is 12.1. The molecule has 0 aliphatic heterocycles. The minimum atomic E-state index is -3.53. The van der Waals surface area contributed by atoms with Crippen LogP contribution in [-0.4, -0.2) is 43.0 Å². The van der Waals surface area contributed by atoms with E-state index in [-0.39, 0.29) is 13.2 Å². The number of unbranched alkanes of at least 4 members (excludes halogenated alkanes) is 1. The average molecular weight is 386 g/mol. The van der Waals surface area contributed by atoms with E-state index >= 15 is 0 Å². The Labute approximate surface area is 154 Å².